The molecule has 0 unspecified atom stereocenters. The van der Waals surface area contributed by atoms with E-state index in [2.05, 4.69) is 36.5 Å². The van der Waals surface area contributed by atoms with Crippen molar-refractivity contribution in [3.8, 4) is 0 Å². The van der Waals surface area contributed by atoms with Crippen LogP contribution in [0.2, 0.25) is 0 Å². The first-order chi connectivity index (χ1) is 7.90. The van der Waals surface area contributed by atoms with Crippen molar-refractivity contribution in [3.63, 3.8) is 0 Å². The second kappa shape index (κ2) is 6.05. The Morgan fingerprint density at radius 1 is 1.12 bits per heavy atom. The average Bonchev–Trinajstić information content (AvgIpc) is 2.83. The Bertz CT molecular complexity index is 313. The van der Waals surface area contributed by atoms with Crippen molar-refractivity contribution in [3.05, 3.63) is 35.4 Å². The zero-order valence-corrected chi connectivity index (χ0v) is 10.3. The van der Waals surface area contributed by atoms with E-state index in [-0.39, 0.29) is 0 Å². The molecule has 0 heterocycles. The van der Waals surface area contributed by atoms with Gasteiger partial charge in [0.1, 0.15) is 0 Å². The Morgan fingerprint density at radius 3 is 2.50 bits per heavy atom. The van der Waals surface area contributed by atoms with Gasteiger partial charge in [-0.2, -0.15) is 0 Å². The standard InChI is InChI=1S/C15H23N/c1-2-14-9-5-6-10-15(14)12-16-11-13-7-3-4-8-13/h5-6,9-10,13,16H,2-4,7-8,11-12H2,1H3. The van der Waals surface area contributed by atoms with Crippen LogP contribution < -0.4 is 5.32 Å². The van der Waals surface area contributed by atoms with Gasteiger partial charge in [0.15, 0.2) is 0 Å². The van der Waals surface area contributed by atoms with E-state index in [9.17, 15) is 0 Å². The third-order valence-corrected chi connectivity index (χ3v) is 3.72. The van der Waals surface area contributed by atoms with E-state index in [1.54, 1.807) is 0 Å². The fraction of sp³-hybridized carbons (Fsp3) is 0.600. The molecule has 88 valence electrons. The van der Waals surface area contributed by atoms with Gasteiger partial charge in [-0.05, 0) is 42.9 Å². The molecule has 1 aromatic carbocycles. The molecule has 0 atom stereocenters. The number of nitrogens with one attached hydrogen (secondary N) is 1. The van der Waals surface area contributed by atoms with Crippen molar-refractivity contribution in [2.45, 2.75) is 45.6 Å². The maximum absolute atomic E-state index is 3.62. The van der Waals surface area contributed by atoms with Crippen LogP contribution in [0.3, 0.4) is 0 Å². The summed E-state index contributed by atoms with van der Waals surface area (Å²) in [5, 5.41) is 3.62. The van der Waals surface area contributed by atoms with Gasteiger partial charge in [0.25, 0.3) is 0 Å². The summed E-state index contributed by atoms with van der Waals surface area (Å²) in [5.74, 6) is 0.939. The second-order valence-electron chi connectivity index (χ2n) is 4.90. The summed E-state index contributed by atoms with van der Waals surface area (Å²) in [7, 11) is 0. The lowest BCUT2D eigenvalue weighted by Crippen LogP contribution is -2.21. The predicted molar refractivity (Wildman–Crippen MR) is 69.5 cm³/mol. The van der Waals surface area contributed by atoms with E-state index in [0.717, 1.165) is 18.9 Å². The molecule has 0 radical (unpaired) electrons. The van der Waals surface area contributed by atoms with E-state index in [1.165, 1.54) is 43.4 Å². The fourth-order valence-electron chi connectivity index (χ4n) is 2.70. The number of hydrogen-bond acceptors (Lipinski definition) is 1. The molecule has 0 aliphatic heterocycles. The highest BCUT2D eigenvalue weighted by molar-refractivity contribution is 5.26. The highest BCUT2D eigenvalue weighted by Gasteiger charge is 2.14. The predicted octanol–water partition coefficient (Wildman–Crippen LogP) is 3.53. The van der Waals surface area contributed by atoms with Crippen molar-refractivity contribution in [2.75, 3.05) is 6.54 Å². The number of hydrogen-bond donors (Lipinski definition) is 1. The zero-order chi connectivity index (χ0) is 11.2. The largest absolute Gasteiger partial charge is 0.312 e. The fourth-order valence-corrected chi connectivity index (χ4v) is 2.70. The quantitative estimate of drug-likeness (QED) is 0.795. The SMILES string of the molecule is CCc1ccccc1CNCC1CCCC1. The number of aryl methyl sites for hydroxylation is 1. The van der Waals surface area contributed by atoms with Gasteiger partial charge in [0, 0.05) is 6.54 Å². The molecule has 0 spiro atoms. The van der Waals surface area contributed by atoms with Crippen LogP contribution in [0.15, 0.2) is 24.3 Å². The minimum Gasteiger partial charge on any atom is -0.312 e. The molecular formula is C15H23N. The van der Waals surface area contributed by atoms with Gasteiger partial charge in [-0.15, -0.1) is 0 Å². The maximum atomic E-state index is 3.62. The lowest BCUT2D eigenvalue weighted by Gasteiger charge is -2.12. The first-order valence-corrected chi connectivity index (χ1v) is 6.67. The Hall–Kier alpha value is -0.820. The van der Waals surface area contributed by atoms with E-state index < -0.39 is 0 Å². The molecule has 0 saturated heterocycles. The summed E-state index contributed by atoms with van der Waals surface area (Å²) in [6.07, 6.45) is 6.89. The first kappa shape index (κ1) is 11.7. The van der Waals surface area contributed by atoms with Gasteiger partial charge in [0.05, 0.1) is 0 Å². The van der Waals surface area contributed by atoms with Crippen LogP contribution in [0.1, 0.15) is 43.7 Å². The van der Waals surface area contributed by atoms with Crippen LogP contribution in [0, 0.1) is 5.92 Å². The van der Waals surface area contributed by atoms with Crippen molar-refractivity contribution in [1.82, 2.24) is 5.32 Å². The Morgan fingerprint density at radius 2 is 1.81 bits per heavy atom. The van der Waals surface area contributed by atoms with Gasteiger partial charge < -0.3 is 5.32 Å². The molecule has 1 aromatic rings. The molecule has 16 heavy (non-hydrogen) atoms. The van der Waals surface area contributed by atoms with Crippen molar-refractivity contribution < 1.29 is 0 Å². The highest BCUT2D eigenvalue weighted by Crippen LogP contribution is 2.23. The zero-order valence-electron chi connectivity index (χ0n) is 10.3. The Kier molecular flexibility index (Phi) is 4.41. The van der Waals surface area contributed by atoms with Gasteiger partial charge in [-0.1, -0.05) is 44.0 Å². The Labute approximate surface area is 99.3 Å². The van der Waals surface area contributed by atoms with Crippen molar-refractivity contribution in [2.24, 2.45) is 5.92 Å². The van der Waals surface area contributed by atoms with Gasteiger partial charge in [0.2, 0.25) is 0 Å². The molecule has 1 aliphatic carbocycles. The van der Waals surface area contributed by atoms with Gasteiger partial charge in [-0.25, -0.2) is 0 Å². The molecule has 1 fully saturated rings. The molecule has 1 aliphatic rings. The average molecular weight is 217 g/mol. The molecule has 1 N–H and O–H groups in total. The highest BCUT2D eigenvalue weighted by atomic mass is 14.9. The molecule has 2 rings (SSSR count). The summed E-state index contributed by atoms with van der Waals surface area (Å²) < 4.78 is 0. The van der Waals surface area contributed by atoms with Crippen LogP contribution in [0.25, 0.3) is 0 Å². The molecule has 0 aromatic heterocycles. The van der Waals surface area contributed by atoms with Crippen molar-refractivity contribution in [1.29, 1.82) is 0 Å². The molecule has 0 amide bonds. The van der Waals surface area contributed by atoms with Crippen molar-refractivity contribution >= 4 is 0 Å². The topological polar surface area (TPSA) is 12.0 Å². The second-order valence-corrected chi connectivity index (χ2v) is 4.90. The summed E-state index contributed by atoms with van der Waals surface area (Å²) in [5.41, 5.74) is 2.96. The minimum absolute atomic E-state index is 0.939. The van der Waals surface area contributed by atoms with Crippen LogP contribution in [0.4, 0.5) is 0 Å². The minimum atomic E-state index is 0.939. The third-order valence-electron chi connectivity index (χ3n) is 3.72. The number of benzene rings is 1. The van der Waals surface area contributed by atoms with Crippen LogP contribution in [-0.4, -0.2) is 6.54 Å². The summed E-state index contributed by atoms with van der Waals surface area (Å²) >= 11 is 0. The van der Waals surface area contributed by atoms with E-state index >= 15 is 0 Å². The van der Waals surface area contributed by atoms with Gasteiger partial charge in [-0.3, -0.25) is 0 Å². The smallest absolute Gasteiger partial charge is 0.0208 e. The van der Waals surface area contributed by atoms with E-state index in [4.69, 9.17) is 0 Å². The maximum Gasteiger partial charge on any atom is 0.0208 e. The number of rotatable bonds is 5. The Balaban J connectivity index is 1.79. The molecule has 1 nitrogen and oxygen atoms in total. The summed E-state index contributed by atoms with van der Waals surface area (Å²) in [6, 6.07) is 8.78. The normalized spacial score (nSPS) is 16.8. The molecular weight excluding hydrogens is 194 g/mol. The molecule has 1 heteroatoms. The summed E-state index contributed by atoms with van der Waals surface area (Å²) in [4.78, 5) is 0. The van der Waals surface area contributed by atoms with Crippen LogP contribution >= 0.6 is 0 Å². The lowest BCUT2D eigenvalue weighted by molar-refractivity contribution is 0.488. The lowest BCUT2D eigenvalue weighted by atomic mass is 10.0. The molecule has 1 saturated carbocycles. The van der Waals surface area contributed by atoms with Crippen LogP contribution in [0.5, 0.6) is 0 Å². The summed E-state index contributed by atoms with van der Waals surface area (Å²) in [6.45, 7) is 4.48. The first-order valence-electron chi connectivity index (χ1n) is 6.67. The van der Waals surface area contributed by atoms with E-state index in [1.807, 2.05) is 0 Å². The molecule has 0 bridgehead atoms. The monoisotopic (exact) mass is 217 g/mol. The van der Waals surface area contributed by atoms with Gasteiger partial charge >= 0.3 is 0 Å². The van der Waals surface area contributed by atoms with Crippen LogP contribution in [-0.2, 0) is 13.0 Å². The third kappa shape index (κ3) is 3.08. The van der Waals surface area contributed by atoms with E-state index in [0.29, 0.717) is 0 Å².